The number of imidazole rings is 1. The minimum Gasteiger partial charge on any atom is -0.389 e. The van der Waals surface area contributed by atoms with Crippen LogP contribution in [0.5, 0.6) is 0 Å². The van der Waals surface area contributed by atoms with Gasteiger partial charge in [-0.15, -0.1) is 0 Å². The topological polar surface area (TPSA) is 43.8 Å². The number of thiocarbonyl (C=S) groups is 1. The smallest absolute Gasteiger partial charge is 0.140 e. The molecule has 1 heterocycles. The van der Waals surface area contributed by atoms with E-state index in [4.69, 9.17) is 29.6 Å². The molecule has 2 aromatic carbocycles. The summed E-state index contributed by atoms with van der Waals surface area (Å²) in [6, 6.07) is 15.6. The maximum atomic E-state index is 5.94. The first-order chi connectivity index (χ1) is 10.6. The summed E-state index contributed by atoms with van der Waals surface area (Å²) in [6.07, 6.45) is 3.75. The van der Waals surface area contributed by atoms with Crippen molar-refractivity contribution in [3.63, 3.8) is 0 Å². The molecule has 0 fully saturated rings. The Morgan fingerprint density at radius 1 is 1.18 bits per heavy atom. The zero-order chi connectivity index (χ0) is 15.5. The van der Waals surface area contributed by atoms with Gasteiger partial charge in [0, 0.05) is 35.1 Å². The fraction of sp³-hybridized carbons (Fsp3) is 0.0588. The van der Waals surface area contributed by atoms with Crippen molar-refractivity contribution in [2.75, 3.05) is 0 Å². The summed E-state index contributed by atoms with van der Waals surface area (Å²) in [6.45, 7) is 0.703. The first-order valence-corrected chi connectivity index (χ1v) is 7.58. The molecule has 0 aliphatic heterocycles. The van der Waals surface area contributed by atoms with Crippen molar-refractivity contribution in [1.82, 2.24) is 9.55 Å². The molecule has 3 aromatic rings. The summed E-state index contributed by atoms with van der Waals surface area (Å²) in [7, 11) is 0. The quantitative estimate of drug-likeness (QED) is 0.739. The average Bonchev–Trinajstić information content (AvgIpc) is 2.96. The van der Waals surface area contributed by atoms with E-state index in [-0.39, 0.29) is 0 Å². The number of halogens is 1. The number of nitrogens with two attached hydrogens (primary N) is 1. The predicted molar refractivity (Wildman–Crippen MR) is 94.1 cm³/mol. The monoisotopic (exact) mass is 327 g/mol. The van der Waals surface area contributed by atoms with Gasteiger partial charge >= 0.3 is 0 Å². The molecule has 0 aliphatic carbocycles. The van der Waals surface area contributed by atoms with Gasteiger partial charge in [-0.3, -0.25) is 0 Å². The molecule has 0 saturated heterocycles. The SMILES string of the molecule is NC(=S)c1cccc(Cn2ccnc2-c2ccc(Cl)cc2)c1. The van der Waals surface area contributed by atoms with Crippen LogP contribution in [0, 0.1) is 0 Å². The van der Waals surface area contributed by atoms with Gasteiger partial charge in [0.05, 0.1) is 0 Å². The summed E-state index contributed by atoms with van der Waals surface area (Å²) in [4.78, 5) is 4.85. The number of hydrogen-bond acceptors (Lipinski definition) is 2. The highest BCUT2D eigenvalue weighted by atomic mass is 35.5. The molecule has 1 aromatic heterocycles. The summed E-state index contributed by atoms with van der Waals surface area (Å²) in [5.41, 5.74) is 8.72. The van der Waals surface area contributed by atoms with Gasteiger partial charge in [0.2, 0.25) is 0 Å². The Morgan fingerprint density at radius 2 is 1.95 bits per heavy atom. The van der Waals surface area contributed by atoms with Crippen molar-refractivity contribution >= 4 is 28.8 Å². The largest absolute Gasteiger partial charge is 0.389 e. The van der Waals surface area contributed by atoms with E-state index in [1.165, 1.54) is 0 Å². The maximum Gasteiger partial charge on any atom is 0.140 e. The van der Waals surface area contributed by atoms with Crippen molar-refractivity contribution in [3.05, 3.63) is 77.1 Å². The third-order valence-electron chi connectivity index (χ3n) is 3.38. The number of hydrogen-bond donors (Lipinski definition) is 1. The lowest BCUT2D eigenvalue weighted by Crippen LogP contribution is -2.10. The summed E-state index contributed by atoms with van der Waals surface area (Å²) >= 11 is 11.0. The molecular formula is C17H14ClN3S. The second-order valence-electron chi connectivity index (χ2n) is 4.95. The fourth-order valence-electron chi connectivity index (χ4n) is 2.32. The molecule has 0 aliphatic rings. The Labute approximate surface area is 139 Å². The van der Waals surface area contributed by atoms with Gasteiger partial charge in [0.25, 0.3) is 0 Å². The minimum atomic E-state index is 0.408. The lowest BCUT2D eigenvalue weighted by Gasteiger charge is -2.09. The molecule has 3 rings (SSSR count). The van der Waals surface area contributed by atoms with Crippen LogP contribution in [0.4, 0.5) is 0 Å². The van der Waals surface area contributed by atoms with E-state index in [9.17, 15) is 0 Å². The molecule has 110 valence electrons. The number of benzene rings is 2. The fourth-order valence-corrected chi connectivity index (χ4v) is 2.57. The lowest BCUT2D eigenvalue weighted by molar-refractivity contribution is 0.807. The molecule has 0 radical (unpaired) electrons. The molecule has 3 nitrogen and oxygen atoms in total. The highest BCUT2D eigenvalue weighted by molar-refractivity contribution is 7.80. The molecule has 0 spiro atoms. The van der Waals surface area contributed by atoms with E-state index < -0.39 is 0 Å². The Morgan fingerprint density at radius 3 is 2.68 bits per heavy atom. The van der Waals surface area contributed by atoms with Gasteiger partial charge in [-0.2, -0.15) is 0 Å². The molecule has 22 heavy (non-hydrogen) atoms. The number of nitrogens with zero attached hydrogens (tertiary/aromatic N) is 2. The molecule has 0 unspecified atom stereocenters. The van der Waals surface area contributed by atoms with Crippen LogP contribution in [-0.4, -0.2) is 14.5 Å². The Hall–Kier alpha value is -2.17. The van der Waals surface area contributed by atoms with Crippen molar-refractivity contribution in [1.29, 1.82) is 0 Å². The minimum absolute atomic E-state index is 0.408. The third-order valence-corrected chi connectivity index (χ3v) is 3.87. The molecule has 0 saturated carbocycles. The normalized spacial score (nSPS) is 10.6. The summed E-state index contributed by atoms with van der Waals surface area (Å²) in [5.74, 6) is 0.900. The van der Waals surface area contributed by atoms with Crippen LogP contribution >= 0.6 is 23.8 Å². The first-order valence-electron chi connectivity index (χ1n) is 6.79. The van der Waals surface area contributed by atoms with E-state index in [2.05, 4.69) is 9.55 Å². The average molecular weight is 328 g/mol. The molecule has 0 atom stereocenters. The summed E-state index contributed by atoms with van der Waals surface area (Å²) < 4.78 is 2.09. The standard InChI is InChI=1S/C17H14ClN3S/c18-15-6-4-13(5-7-15)17-20-8-9-21(17)11-12-2-1-3-14(10-12)16(19)22/h1-10H,11H2,(H2,19,22). The van der Waals surface area contributed by atoms with Gasteiger partial charge in [-0.1, -0.05) is 42.0 Å². The van der Waals surface area contributed by atoms with E-state index in [0.29, 0.717) is 16.6 Å². The molecule has 0 bridgehead atoms. The molecule has 5 heteroatoms. The second kappa shape index (κ2) is 6.30. The highest BCUT2D eigenvalue weighted by Crippen LogP contribution is 2.21. The van der Waals surface area contributed by atoms with Gasteiger partial charge in [0.1, 0.15) is 10.8 Å². The number of rotatable bonds is 4. The lowest BCUT2D eigenvalue weighted by atomic mass is 10.1. The van der Waals surface area contributed by atoms with Crippen LogP contribution < -0.4 is 5.73 Å². The van der Waals surface area contributed by atoms with Crippen molar-refractivity contribution in [3.8, 4) is 11.4 Å². The van der Waals surface area contributed by atoms with E-state index in [1.807, 2.05) is 54.7 Å². The Balaban J connectivity index is 1.91. The van der Waals surface area contributed by atoms with E-state index >= 15 is 0 Å². The van der Waals surface area contributed by atoms with Crippen LogP contribution in [0.2, 0.25) is 5.02 Å². The molecular weight excluding hydrogens is 314 g/mol. The summed E-state index contributed by atoms with van der Waals surface area (Å²) in [5, 5.41) is 0.714. The van der Waals surface area contributed by atoms with Crippen LogP contribution in [0.25, 0.3) is 11.4 Å². The Kier molecular flexibility index (Phi) is 4.22. The van der Waals surface area contributed by atoms with Crippen LogP contribution in [0.15, 0.2) is 60.9 Å². The first kappa shape index (κ1) is 14.8. The van der Waals surface area contributed by atoms with Gasteiger partial charge in [-0.25, -0.2) is 4.98 Å². The van der Waals surface area contributed by atoms with Gasteiger partial charge in [0.15, 0.2) is 0 Å². The third kappa shape index (κ3) is 3.18. The van der Waals surface area contributed by atoms with Gasteiger partial charge in [-0.05, 0) is 35.9 Å². The van der Waals surface area contributed by atoms with Crippen molar-refractivity contribution < 1.29 is 0 Å². The van der Waals surface area contributed by atoms with Crippen molar-refractivity contribution in [2.45, 2.75) is 6.54 Å². The van der Waals surface area contributed by atoms with E-state index in [1.54, 1.807) is 6.20 Å². The zero-order valence-electron chi connectivity index (χ0n) is 11.7. The van der Waals surface area contributed by atoms with Crippen LogP contribution in [0.1, 0.15) is 11.1 Å². The van der Waals surface area contributed by atoms with Crippen molar-refractivity contribution in [2.24, 2.45) is 5.73 Å². The van der Waals surface area contributed by atoms with E-state index in [0.717, 1.165) is 22.5 Å². The highest BCUT2D eigenvalue weighted by Gasteiger charge is 2.07. The second-order valence-corrected chi connectivity index (χ2v) is 5.83. The van der Waals surface area contributed by atoms with Gasteiger partial charge < -0.3 is 10.3 Å². The maximum absolute atomic E-state index is 5.94. The van der Waals surface area contributed by atoms with Crippen LogP contribution in [-0.2, 0) is 6.54 Å². The molecule has 2 N–H and O–H groups in total. The predicted octanol–water partition coefficient (Wildman–Crippen LogP) is 3.89. The number of aromatic nitrogens is 2. The van der Waals surface area contributed by atoms with Crippen LogP contribution in [0.3, 0.4) is 0 Å². The molecule has 0 amide bonds. The zero-order valence-corrected chi connectivity index (χ0v) is 13.3. The Bertz CT molecular complexity index is 809.